The van der Waals surface area contributed by atoms with E-state index in [1.165, 1.54) is 0 Å². The van der Waals surface area contributed by atoms with Crippen molar-refractivity contribution in [1.82, 2.24) is 0 Å². The maximum atomic E-state index is 12.5. The van der Waals surface area contributed by atoms with Gasteiger partial charge in [0.05, 0.1) is 5.69 Å². The summed E-state index contributed by atoms with van der Waals surface area (Å²) in [6, 6.07) is 7.22. The summed E-state index contributed by atoms with van der Waals surface area (Å²) >= 11 is 0.562. The third-order valence-electron chi connectivity index (χ3n) is 3.08. The van der Waals surface area contributed by atoms with Crippen LogP contribution >= 0.6 is 11.8 Å². The van der Waals surface area contributed by atoms with Crippen LogP contribution in [0.25, 0.3) is 0 Å². The van der Waals surface area contributed by atoms with E-state index in [1.54, 1.807) is 12.1 Å². The van der Waals surface area contributed by atoms with Gasteiger partial charge in [-0.15, -0.1) is 0 Å². The van der Waals surface area contributed by atoms with Crippen molar-refractivity contribution in [2.24, 2.45) is 0 Å². The minimum Gasteiger partial charge on any atom is -0.367 e. The molecule has 0 aromatic heterocycles. The highest BCUT2D eigenvalue weighted by molar-refractivity contribution is 7.99. The Morgan fingerprint density at radius 3 is 2.78 bits per heavy atom. The van der Waals surface area contributed by atoms with E-state index in [9.17, 15) is 13.6 Å². The molecule has 0 radical (unpaired) electrons. The van der Waals surface area contributed by atoms with Crippen LogP contribution in [-0.4, -0.2) is 24.1 Å². The van der Waals surface area contributed by atoms with Crippen LogP contribution in [0, 0.1) is 0 Å². The number of benzene rings is 1. The lowest BCUT2D eigenvalue weighted by molar-refractivity contribution is -0.120. The zero-order valence-corrected chi connectivity index (χ0v) is 10.9. The molecule has 0 bridgehead atoms. The summed E-state index contributed by atoms with van der Waals surface area (Å²) in [6.07, 6.45) is 0.992. The monoisotopic (exact) mass is 271 g/mol. The maximum absolute atomic E-state index is 12.5. The highest BCUT2D eigenvalue weighted by Gasteiger charge is 2.25. The Balaban J connectivity index is 2.24. The largest absolute Gasteiger partial charge is 0.367 e. The predicted molar refractivity (Wildman–Crippen MR) is 69.4 cm³/mol. The maximum Gasteiger partial charge on any atom is 0.288 e. The first-order chi connectivity index (χ1) is 8.58. The summed E-state index contributed by atoms with van der Waals surface area (Å²) in [6.45, 7) is 2.57. The number of piperidine rings is 1. The van der Waals surface area contributed by atoms with Gasteiger partial charge in [-0.2, -0.15) is 8.78 Å². The van der Waals surface area contributed by atoms with Crippen molar-refractivity contribution < 1.29 is 13.6 Å². The van der Waals surface area contributed by atoms with Crippen molar-refractivity contribution in [2.45, 2.75) is 36.5 Å². The molecule has 5 heteroatoms. The van der Waals surface area contributed by atoms with E-state index >= 15 is 0 Å². The normalized spacial score (nSPS) is 20.6. The average Bonchev–Trinajstić information content (AvgIpc) is 2.30. The van der Waals surface area contributed by atoms with Crippen LogP contribution in [0.5, 0.6) is 0 Å². The Bertz CT molecular complexity index is 439. The summed E-state index contributed by atoms with van der Waals surface area (Å²) in [7, 11) is 0. The summed E-state index contributed by atoms with van der Waals surface area (Å²) in [5.74, 6) is -2.18. The highest BCUT2D eigenvalue weighted by Crippen LogP contribution is 2.36. The van der Waals surface area contributed by atoms with Crippen molar-refractivity contribution in [1.29, 1.82) is 0 Å². The van der Waals surface area contributed by atoms with Crippen molar-refractivity contribution in [2.75, 3.05) is 11.4 Å². The lowest BCUT2D eigenvalue weighted by atomic mass is 10.0. The first-order valence-electron chi connectivity index (χ1n) is 5.90. The van der Waals surface area contributed by atoms with Crippen LogP contribution in [0.1, 0.15) is 19.8 Å². The number of hydrogen-bond acceptors (Lipinski definition) is 3. The number of anilines is 1. The van der Waals surface area contributed by atoms with E-state index in [0.717, 1.165) is 5.69 Å². The molecule has 98 valence electrons. The number of nitrogens with zero attached hydrogens (tertiary/aromatic N) is 1. The highest BCUT2D eigenvalue weighted by atomic mass is 32.2. The van der Waals surface area contributed by atoms with E-state index < -0.39 is 5.76 Å². The molecule has 0 amide bonds. The van der Waals surface area contributed by atoms with E-state index in [4.69, 9.17) is 0 Å². The average molecular weight is 271 g/mol. The predicted octanol–water partition coefficient (Wildman–Crippen LogP) is 3.56. The van der Waals surface area contributed by atoms with Gasteiger partial charge >= 0.3 is 0 Å². The first kappa shape index (κ1) is 13.3. The van der Waals surface area contributed by atoms with E-state index in [0.29, 0.717) is 36.0 Å². The molecule has 1 aliphatic heterocycles. The van der Waals surface area contributed by atoms with Crippen LogP contribution in [-0.2, 0) is 4.79 Å². The molecule has 0 aliphatic carbocycles. The van der Waals surface area contributed by atoms with Crippen LogP contribution in [0.2, 0.25) is 0 Å². The van der Waals surface area contributed by atoms with Gasteiger partial charge in [0, 0.05) is 30.3 Å². The van der Waals surface area contributed by atoms with E-state index in [1.807, 2.05) is 24.0 Å². The fraction of sp³-hybridized carbons (Fsp3) is 0.462. The fourth-order valence-electron chi connectivity index (χ4n) is 2.26. The Morgan fingerprint density at radius 1 is 1.39 bits per heavy atom. The number of ketones is 1. The number of Topliss-reactive ketones (excluding diaryl/α,β-unsaturated/α-hetero) is 1. The van der Waals surface area contributed by atoms with E-state index in [2.05, 4.69) is 0 Å². The Labute approximate surface area is 109 Å². The Hall–Kier alpha value is -1.10. The molecule has 2 nitrogen and oxygen atoms in total. The molecule has 0 N–H and O–H groups in total. The molecule has 1 aliphatic rings. The van der Waals surface area contributed by atoms with Gasteiger partial charge in [-0.25, -0.2) is 0 Å². The molecule has 1 aromatic rings. The summed E-state index contributed by atoms with van der Waals surface area (Å²) < 4.78 is 25.0. The van der Waals surface area contributed by atoms with Gasteiger partial charge in [0.15, 0.2) is 0 Å². The molecule has 1 heterocycles. The molecule has 1 unspecified atom stereocenters. The second-order valence-corrected chi connectivity index (χ2v) is 5.41. The van der Waals surface area contributed by atoms with Gasteiger partial charge in [0.2, 0.25) is 0 Å². The molecule has 0 spiro atoms. The number of para-hydroxylation sites is 1. The summed E-state index contributed by atoms with van der Waals surface area (Å²) in [4.78, 5) is 14.0. The van der Waals surface area contributed by atoms with Crippen LogP contribution < -0.4 is 4.90 Å². The number of carbonyl (C=O) groups is 1. The molecule has 1 saturated heterocycles. The van der Waals surface area contributed by atoms with Crippen molar-refractivity contribution in [3.63, 3.8) is 0 Å². The van der Waals surface area contributed by atoms with Gasteiger partial charge in [-0.3, -0.25) is 4.79 Å². The summed E-state index contributed by atoms with van der Waals surface area (Å²) in [5, 5.41) is 0. The molecule has 2 rings (SSSR count). The minimum atomic E-state index is -2.42. The molecular weight excluding hydrogens is 256 g/mol. The second-order valence-electron chi connectivity index (χ2n) is 4.38. The number of carbonyl (C=O) groups excluding carboxylic acids is 1. The lowest BCUT2D eigenvalue weighted by Gasteiger charge is -2.35. The summed E-state index contributed by atoms with van der Waals surface area (Å²) in [5.41, 5.74) is 0.808. The van der Waals surface area contributed by atoms with E-state index in [-0.39, 0.29) is 11.8 Å². The lowest BCUT2D eigenvalue weighted by Crippen LogP contribution is -2.41. The molecule has 1 aromatic carbocycles. The fourth-order valence-corrected chi connectivity index (χ4v) is 2.91. The van der Waals surface area contributed by atoms with Crippen LogP contribution in [0.15, 0.2) is 29.2 Å². The third kappa shape index (κ3) is 3.02. The molecular formula is C13H15F2NOS. The van der Waals surface area contributed by atoms with Crippen molar-refractivity contribution >= 4 is 23.2 Å². The van der Waals surface area contributed by atoms with Gasteiger partial charge in [-0.1, -0.05) is 23.9 Å². The number of rotatable bonds is 3. The number of halogens is 2. The van der Waals surface area contributed by atoms with Crippen molar-refractivity contribution in [3.05, 3.63) is 24.3 Å². The molecule has 1 fully saturated rings. The van der Waals surface area contributed by atoms with Crippen LogP contribution in [0.3, 0.4) is 0 Å². The van der Waals surface area contributed by atoms with Gasteiger partial charge in [0.25, 0.3) is 5.76 Å². The SMILES string of the molecule is CC1CC(=O)CCN1c1ccccc1SC(F)F. The molecule has 1 atom stereocenters. The molecule has 18 heavy (non-hydrogen) atoms. The first-order valence-corrected chi connectivity index (χ1v) is 6.78. The minimum absolute atomic E-state index is 0.0747. The number of thioether (sulfide) groups is 1. The number of alkyl halides is 2. The van der Waals surface area contributed by atoms with Gasteiger partial charge in [0.1, 0.15) is 5.78 Å². The topological polar surface area (TPSA) is 20.3 Å². The third-order valence-corrected chi connectivity index (χ3v) is 3.85. The zero-order chi connectivity index (χ0) is 13.1. The smallest absolute Gasteiger partial charge is 0.288 e. The Kier molecular flexibility index (Phi) is 4.22. The number of hydrogen-bond donors (Lipinski definition) is 0. The Morgan fingerprint density at radius 2 is 2.11 bits per heavy atom. The quantitative estimate of drug-likeness (QED) is 0.784. The van der Waals surface area contributed by atoms with Gasteiger partial charge < -0.3 is 4.90 Å². The second kappa shape index (κ2) is 5.69. The van der Waals surface area contributed by atoms with Gasteiger partial charge in [-0.05, 0) is 19.1 Å². The van der Waals surface area contributed by atoms with Crippen LogP contribution in [0.4, 0.5) is 14.5 Å². The molecule has 0 saturated carbocycles. The standard InChI is InChI=1S/C13H15F2NOS/c1-9-8-10(17)6-7-16(9)11-4-2-3-5-12(11)18-13(14)15/h2-5,9,13H,6-8H2,1H3. The van der Waals surface area contributed by atoms with Crippen molar-refractivity contribution in [3.8, 4) is 0 Å². The zero-order valence-electron chi connectivity index (χ0n) is 10.1.